The van der Waals surface area contributed by atoms with E-state index in [1.54, 1.807) is 11.0 Å². The highest BCUT2D eigenvalue weighted by atomic mass is 16.5. The van der Waals surface area contributed by atoms with Crippen LogP contribution in [0.25, 0.3) is 0 Å². The number of carbonyl (C=O) groups is 3. The van der Waals surface area contributed by atoms with E-state index in [9.17, 15) is 24.6 Å². The first-order valence-corrected chi connectivity index (χ1v) is 13.8. The third-order valence-electron chi connectivity index (χ3n) is 9.06. The van der Waals surface area contributed by atoms with E-state index in [0.717, 1.165) is 18.8 Å². The second-order valence-electron chi connectivity index (χ2n) is 10.6. The van der Waals surface area contributed by atoms with Crippen molar-refractivity contribution in [1.29, 1.82) is 0 Å². The van der Waals surface area contributed by atoms with Crippen molar-refractivity contribution >= 4 is 29.2 Å². The Hall–Kier alpha value is -2.91. The van der Waals surface area contributed by atoms with Gasteiger partial charge in [-0.2, -0.15) is 0 Å². The summed E-state index contributed by atoms with van der Waals surface area (Å²) in [4.78, 5) is 46.3. The lowest BCUT2D eigenvalue weighted by Crippen LogP contribution is -2.59. The predicted octanol–water partition coefficient (Wildman–Crippen LogP) is 3.06. The molecule has 2 bridgehead atoms. The summed E-state index contributed by atoms with van der Waals surface area (Å²) in [5.74, 6) is -3.85. The Labute approximate surface area is 225 Å². The molecule has 2 unspecified atom stereocenters. The van der Waals surface area contributed by atoms with Crippen molar-refractivity contribution < 1.29 is 29.3 Å². The van der Waals surface area contributed by atoms with Gasteiger partial charge < -0.3 is 29.6 Å². The van der Waals surface area contributed by atoms with Gasteiger partial charge in [-0.05, 0) is 63.8 Å². The molecule has 3 fully saturated rings. The minimum Gasteiger partial charge on any atom is -0.481 e. The van der Waals surface area contributed by atoms with Crippen LogP contribution >= 0.6 is 0 Å². The molecule has 6 atom stereocenters. The maximum Gasteiger partial charge on any atom is 0.310 e. The maximum atomic E-state index is 14.5. The maximum absolute atomic E-state index is 14.5. The van der Waals surface area contributed by atoms with Crippen LogP contribution in [0, 0.1) is 11.8 Å². The zero-order chi connectivity index (χ0) is 27.8. The molecule has 3 saturated heterocycles. The number of carboxylic acid groups (broad SMARTS) is 1. The lowest BCUT2D eigenvalue weighted by molar-refractivity contribution is -0.157. The first kappa shape index (κ1) is 28.1. The number of rotatable bonds is 12. The Morgan fingerprint density at radius 2 is 1.79 bits per heavy atom. The molecule has 1 spiro atoms. The van der Waals surface area contributed by atoms with Gasteiger partial charge in [-0.1, -0.05) is 19.9 Å². The van der Waals surface area contributed by atoms with E-state index >= 15 is 0 Å². The number of aliphatic hydroxyl groups is 1. The van der Waals surface area contributed by atoms with Crippen LogP contribution in [0.1, 0.15) is 53.4 Å². The average Bonchev–Trinajstić information content (AvgIpc) is 3.53. The highest BCUT2D eigenvalue weighted by Gasteiger charge is 2.79. The largest absolute Gasteiger partial charge is 0.481 e. The minimum absolute atomic E-state index is 0.208. The fourth-order valence-electron chi connectivity index (χ4n) is 7.15. The fraction of sp³-hybridized carbons (Fsp3) is 0.621. The first-order chi connectivity index (χ1) is 18.2. The molecule has 3 aliphatic rings. The molecule has 0 aliphatic carbocycles. The van der Waals surface area contributed by atoms with Crippen LogP contribution in [0.15, 0.2) is 36.9 Å². The monoisotopic (exact) mass is 527 g/mol. The highest BCUT2D eigenvalue weighted by Crippen LogP contribution is 2.64. The van der Waals surface area contributed by atoms with E-state index in [4.69, 9.17) is 4.74 Å². The molecule has 2 N–H and O–H groups in total. The van der Waals surface area contributed by atoms with Gasteiger partial charge >= 0.3 is 5.97 Å². The van der Waals surface area contributed by atoms with Gasteiger partial charge in [0.25, 0.3) is 5.91 Å². The van der Waals surface area contributed by atoms with Gasteiger partial charge in [-0.15, -0.1) is 6.58 Å². The summed E-state index contributed by atoms with van der Waals surface area (Å²) in [5.41, 5.74) is -0.537. The third kappa shape index (κ3) is 4.02. The number of nitrogens with zero attached hydrogens (tertiary/aromatic N) is 3. The molecule has 1 aromatic carbocycles. The van der Waals surface area contributed by atoms with Crippen LogP contribution in [0.4, 0.5) is 11.4 Å². The Bertz CT molecular complexity index is 1070. The zero-order valence-corrected chi connectivity index (χ0v) is 22.9. The fourth-order valence-corrected chi connectivity index (χ4v) is 7.15. The SMILES string of the molecule is C=CCN(C(=O)C1N([C@@H](CC)CO)C(=O)[C@@H]2[C@H](C(=O)O)[C@]3(CC)CCC12O3)c1ccc(N(CC)CC)cc1. The normalized spacial score (nSPS) is 30.3. The number of fused-ring (bicyclic) bond motifs is 1. The van der Waals surface area contributed by atoms with Crippen LogP contribution in [-0.4, -0.2) is 82.4 Å². The number of aliphatic hydroxyl groups excluding tert-OH is 1. The molecule has 0 saturated carbocycles. The van der Waals surface area contributed by atoms with Gasteiger partial charge in [0.05, 0.1) is 24.2 Å². The number of ether oxygens (including phenoxy) is 1. The lowest BCUT2D eigenvalue weighted by Gasteiger charge is -2.39. The second-order valence-corrected chi connectivity index (χ2v) is 10.6. The van der Waals surface area contributed by atoms with Crippen LogP contribution in [0.2, 0.25) is 0 Å². The van der Waals surface area contributed by atoms with Crippen LogP contribution in [-0.2, 0) is 19.1 Å². The number of amides is 2. The molecule has 0 radical (unpaired) electrons. The van der Waals surface area contributed by atoms with Crippen LogP contribution < -0.4 is 9.80 Å². The van der Waals surface area contributed by atoms with E-state index in [2.05, 4.69) is 25.3 Å². The number of carbonyl (C=O) groups excluding carboxylic acids is 2. The number of hydrogen-bond acceptors (Lipinski definition) is 6. The summed E-state index contributed by atoms with van der Waals surface area (Å²) in [6.07, 6.45) is 3.38. The Morgan fingerprint density at radius 3 is 2.29 bits per heavy atom. The van der Waals surface area contributed by atoms with Crippen molar-refractivity contribution in [3.63, 3.8) is 0 Å². The molecular formula is C29H41N3O6. The van der Waals surface area contributed by atoms with Crippen LogP contribution in [0.5, 0.6) is 0 Å². The summed E-state index contributed by atoms with van der Waals surface area (Å²) < 4.78 is 6.61. The standard InChI is InChI=1S/C29H41N3O6/c1-6-17-31(21-13-11-20(12-14-21)30(9-4)10-5)26(35)24-29-16-15-28(8-3,38-29)23(27(36)37)22(29)25(34)32(24)19(7-2)18-33/h6,11-14,19,22-24,33H,1,7-10,15-18H2,2-5H3,(H,36,37)/t19-,22-,23+,24?,28-,29?/m0/s1. The first-order valence-electron chi connectivity index (χ1n) is 13.8. The molecule has 0 aromatic heterocycles. The lowest BCUT2D eigenvalue weighted by atomic mass is 9.65. The number of carboxylic acids is 1. The summed E-state index contributed by atoms with van der Waals surface area (Å²) in [5, 5.41) is 20.4. The van der Waals surface area contributed by atoms with E-state index in [0.29, 0.717) is 31.4 Å². The molecule has 4 rings (SSSR count). The molecule has 9 nitrogen and oxygen atoms in total. The summed E-state index contributed by atoms with van der Waals surface area (Å²) in [7, 11) is 0. The summed E-state index contributed by atoms with van der Waals surface area (Å²) in [6, 6.07) is 6.04. The van der Waals surface area contributed by atoms with E-state index in [1.807, 2.05) is 38.1 Å². The smallest absolute Gasteiger partial charge is 0.310 e. The van der Waals surface area contributed by atoms with Crippen molar-refractivity contribution in [3.8, 4) is 0 Å². The van der Waals surface area contributed by atoms with Gasteiger partial charge in [0.2, 0.25) is 5.91 Å². The zero-order valence-electron chi connectivity index (χ0n) is 22.9. The summed E-state index contributed by atoms with van der Waals surface area (Å²) in [6.45, 7) is 13.3. The Balaban J connectivity index is 1.81. The molecular weight excluding hydrogens is 486 g/mol. The van der Waals surface area contributed by atoms with Gasteiger partial charge in [0.1, 0.15) is 17.6 Å². The molecule has 208 valence electrons. The molecule has 1 aromatic rings. The molecule has 38 heavy (non-hydrogen) atoms. The third-order valence-corrected chi connectivity index (χ3v) is 9.06. The molecule has 3 aliphatic heterocycles. The van der Waals surface area contributed by atoms with Gasteiger partial charge in [-0.3, -0.25) is 14.4 Å². The Kier molecular flexibility index (Phi) is 7.91. The molecule has 9 heteroatoms. The average molecular weight is 528 g/mol. The van der Waals surface area contributed by atoms with Gasteiger partial charge in [-0.25, -0.2) is 0 Å². The predicted molar refractivity (Wildman–Crippen MR) is 145 cm³/mol. The van der Waals surface area contributed by atoms with E-state index < -0.39 is 47.0 Å². The van der Waals surface area contributed by atoms with Crippen molar-refractivity contribution in [2.24, 2.45) is 11.8 Å². The topological polar surface area (TPSA) is 111 Å². The number of anilines is 2. The van der Waals surface area contributed by atoms with Crippen molar-refractivity contribution in [2.45, 2.75) is 76.7 Å². The van der Waals surface area contributed by atoms with Crippen molar-refractivity contribution in [1.82, 2.24) is 4.90 Å². The Morgan fingerprint density at radius 1 is 1.16 bits per heavy atom. The second kappa shape index (κ2) is 10.7. The number of benzene rings is 1. The number of hydrogen-bond donors (Lipinski definition) is 2. The minimum atomic E-state index is -1.25. The molecule has 3 heterocycles. The summed E-state index contributed by atoms with van der Waals surface area (Å²) >= 11 is 0. The highest BCUT2D eigenvalue weighted by molar-refractivity contribution is 6.05. The van der Waals surface area contributed by atoms with Gasteiger partial charge in [0, 0.05) is 31.0 Å². The number of likely N-dealkylation sites (tertiary alicyclic amines) is 1. The van der Waals surface area contributed by atoms with Crippen LogP contribution in [0.3, 0.4) is 0 Å². The number of aliphatic carboxylic acids is 1. The molecule has 2 amide bonds. The van der Waals surface area contributed by atoms with E-state index in [1.165, 1.54) is 4.90 Å². The van der Waals surface area contributed by atoms with Gasteiger partial charge in [0.15, 0.2) is 0 Å². The van der Waals surface area contributed by atoms with Crippen molar-refractivity contribution in [2.75, 3.05) is 36.0 Å². The van der Waals surface area contributed by atoms with E-state index in [-0.39, 0.29) is 19.1 Å². The van der Waals surface area contributed by atoms with Crippen molar-refractivity contribution in [3.05, 3.63) is 36.9 Å². The quantitative estimate of drug-likeness (QED) is 0.402.